The Kier molecular flexibility index (Phi) is 2.59. The van der Waals surface area contributed by atoms with Crippen LogP contribution < -0.4 is 14.2 Å². The van der Waals surface area contributed by atoms with E-state index < -0.39 is 0 Å². The molecular formula is C15H14O3. The molecule has 92 valence electrons. The lowest BCUT2D eigenvalue weighted by atomic mass is 10.00. The van der Waals surface area contributed by atoms with E-state index in [0.29, 0.717) is 5.75 Å². The highest BCUT2D eigenvalue weighted by molar-refractivity contribution is 5.56. The van der Waals surface area contributed by atoms with Crippen LogP contribution in [0.3, 0.4) is 0 Å². The minimum absolute atomic E-state index is 0.690. The smallest absolute Gasteiger partial charge is 0.164 e. The summed E-state index contributed by atoms with van der Waals surface area (Å²) in [4.78, 5) is 0. The summed E-state index contributed by atoms with van der Waals surface area (Å²) in [5.74, 6) is 3.18. The van der Waals surface area contributed by atoms with E-state index in [1.807, 2.05) is 30.3 Å². The first-order valence-corrected chi connectivity index (χ1v) is 5.82. The molecule has 2 aromatic rings. The van der Waals surface area contributed by atoms with Crippen molar-refractivity contribution < 1.29 is 14.2 Å². The fraction of sp³-hybridized carbons (Fsp3) is 0.200. The Morgan fingerprint density at radius 2 is 1.61 bits per heavy atom. The molecule has 0 bridgehead atoms. The molecule has 3 nitrogen and oxygen atoms in total. The monoisotopic (exact) mass is 242 g/mol. The molecule has 0 spiro atoms. The Labute approximate surface area is 106 Å². The van der Waals surface area contributed by atoms with Crippen LogP contribution in [-0.4, -0.2) is 14.2 Å². The van der Waals surface area contributed by atoms with Crippen LogP contribution >= 0.6 is 0 Å². The van der Waals surface area contributed by atoms with E-state index in [9.17, 15) is 0 Å². The summed E-state index contributed by atoms with van der Waals surface area (Å²) in [6.07, 6.45) is 0.853. The predicted octanol–water partition coefficient (Wildman–Crippen LogP) is 3.40. The molecule has 0 fully saturated rings. The average molecular weight is 242 g/mol. The third-order valence-electron chi connectivity index (χ3n) is 3.14. The second kappa shape index (κ2) is 4.26. The van der Waals surface area contributed by atoms with Gasteiger partial charge in [0.2, 0.25) is 0 Å². The minimum atomic E-state index is 0.690. The zero-order valence-electron chi connectivity index (χ0n) is 10.4. The number of fused-ring (bicyclic) bond motifs is 2. The van der Waals surface area contributed by atoms with Gasteiger partial charge in [-0.15, -0.1) is 0 Å². The summed E-state index contributed by atoms with van der Waals surface area (Å²) in [5.41, 5.74) is 2.31. The quantitative estimate of drug-likeness (QED) is 0.689. The maximum Gasteiger partial charge on any atom is 0.164 e. The Hall–Kier alpha value is -2.16. The van der Waals surface area contributed by atoms with Crippen LogP contribution in [0.2, 0.25) is 0 Å². The van der Waals surface area contributed by atoms with Crippen molar-refractivity contribution in [2.75, 3.05) is 14.2 Å². The topological polar surface area (TPSA) is 27.7 Å². The summed E-state index contributed by atoms with van der Waals surface area (Å²) in [5, 5.41) is 0. The molecule has 0 saturated carbocycles. The first-order valence-electron chi connectivity index (χ1n) is 5.82. The summed E-state index contributed by atoms with van der Waals surface area (Å²) in [6, 6.07) is 11.9. The van der Waals surface area contributed by atoms with E-state index in [0.717, 1.165) is 29.2 Å². The number of ether oxygens (including phenoxy) is 3. The largest absolute Gasteiger partial charge is 0.493 e. The second-order valence-electron chi connectivity index (χ2n) is 4.20. The molecule has 0 aromatic heterocycles. The summed E-state index contributed by atoms with van der Waals surface area (Å²) in [7, 11) is 3.27. The highest BCUT2D eigenvalue weighted by atomic mass is 16.5. The van der Waals surface area contributed by atoms with Gasteiger partial charge in [0, 0.05) is 18.1 Å². The van der Waals surface area contributed by atoms with Gasteiger partial charge in [0.15, 0.2) is 11.5 Å². The van der Waals surface area contributed by atoms with Crippen molar-refractivity contribution in [1.29, 1.82) is 0 Å². The molecule has 0 atom stereocenters. The van der Waals surface area contributed by atoms with Crippen LogP contribution in [0.25, 0.3) is 0 Å². The number of methoxy groups -OCH3 is 2. The van der Waals surface area contributed by atoms with Gasteiger partial charge in [0.1, 0.15) is 11.5 Å². The lowest BCUT2D eigenvalue weighted by Gasteiger charge is -2.21. The minimum Gasteiger partial charge on any atom is -0.493 e. The lowest BCUT2D eigenvalue weighted by Crippen LogP contribution is -2.04. The standard InChI is InChI=1S/C15H14O3/c1-16-14-8-11-7-10-5-3-4-6-12(10)18-13(11)9-15(14)17-2/h3-6,8-9H,7H2,1-2H3. The van der Waals surface area contributed by atoms with Crippen molar-refractivity contribution in [2.45, 2.75) is 6.42 Å². The summed E-state index contributed by atoms with van der Waals surface area (Å²) in [6.45, 7) is 0. The SMILES string of the molecule is COc1cc2c(cc1OC)Oc1ccccc1C2. The fourth-order valence-corrected chi connectivity index (χ4v) is 2.21. The van der Waals surface area contributed by atoms with Crippen LogP contribution in [0.5, 0.6) is 23.0 Å². The highest BCUT2D eigenvalue weighted by Gasteiger charge is 2.19. The van der Waals surface area contributed by atoms with Gasteiger partial charge >= 0.3 is 0 Å². The third-order valence-corrected chi connectivity index (χ3v) is 3.14. The number of para-hydroxylation sites is 1. The zero-order valence-corrected chi connectivity index (χ0v) is 10.4. The van der Waals surface area contributed by atoms with Crippen LogP contribution in [0.1, 0.15) is 11.1 Å². The van der Waals surface area contributed by atoms with Crippen molar-refractivity contribution >= 4 is 0 Å². The van der Waals surface area contributed by atoms with Crippen molar-refractivity contribution in [3.63, 3.8) is 0 Å². The molecular weight excluding hydrogens is 228 g/mol. The van der Waals surface area contributed by atoms with Crippen molar-refractivity contribution in [3.05, 3.63) is 47.5 Å². The molecule has 1 aliphatic heterocycles. The van der Waals surface area contributed by atoms with Gasteiger partial charge in [0.25, 0.3) is 0 Å². The maximum atomic E-state index is 5.88. The van der Waals surface area contributed by atoms with E-state index in [2.05, 4.69) is 6.07 Å². The van der Waals surface area contributed by atoms with Crippen molar-refractivity contribution in [3.8, 4) is 23.0 Å². The second-order valence-corrected chi connectivity index (χ2v) is 4.20. The average Bonchev–Trinajstić information content (AvgIpc) is 2.43. The van der Waals surface area contributed by atoms with Crippen LogP contribution in [-0.2, 0) is 6.42 Å². The van der Waals surface area contributed by atoms with E-state index in [1.54, 1.807) is 14.2 Å². The van der Waals surface area contributed by atoms with Gasteiger partial charge in [-0.1, -0.05) is 18.2 Å². The molecule has 0 N–H and O–H groups in total. The predicted molar refractivity (Wildman–Crippen MR) is 68.9 cm³/mol. The van der Waals surface area contributed by atoms with Gasteiger partial charge in [-0.2, -0.15) is 0 Å². The normalized spacial score (nSPS) is 12.1. The van der Waals surface area contributed by atoms with Crippen LogP contribution in [0, 0.1) is 0 Å². The molecule has 3 heteroatoms. The van der Waals surface area contributed by atoms with Gasteiger partial charge in [-0.05, 0) is 17.7 Å². The Balaban J connectivity index is 2.07. The molecule has 2 aromatic carbocycles. The third kappa shape index (κ3) is 1.68. The molecule has 1 aliphatic rings. The van der Waals surface area contributed by atoms with Gasteiger partial charge in [0.05, 0.1) is 14.2 Å². The molecule has 0 amide bonds. The van der Waals surface area contributed by atoms with E-state index in [1.165, 1.54) is 5.56 Å². The Bertz CT molecular complexity index is 538. The summed E-state index contributed by atoms with van der Waals surface area (Å²) < 4.78 is 16.5. The number of hydrogen-bond acceptors (Lipinski definition) is 3. The first-order chi connectivity index (χ1) is 8.81. The Morgan fingerprint density at radius 3 is 2.39 bits per heavy atom. The zero-order chi connectivity index (χ0) is 12.5. The number of benzene rings is 2. The van der Waals surface area contributed by atoms with E-state index in [-0.39, 0.29) is 0 Å². The maximum absolute atomic E-state index is 5.88. The first kappa shape index (κ1) is 11.0. The molecule has 18 heavy (non-hydrogen) atoms. The molecule has 1 heterocycles. The molecule has 3 rings (SSSR count). The van der Waals surface area contributed by atoms with Crippen LogP contribution in [0.15, 0.2) is 36.4 Å². The van der Waals surface area contributed by atoms with Gasteiger partial charge in [-0.25, -0.2) is 0 Å². The molecule has 0 aliphatic carbocycles. The highest BCUT2D eigenvalue weighted by Crippen LogP contribution is 2.42. The number of rotatable bonds is 2. The molecule has 0 unspecified atom stereocenters. The Morgan fingerprint density at radius 1 is 0.889 bits per heavy atom. The molecule has 0 saturated heterocycles. The molecule has 0 radical (unpaired) electrons. The van der Waals surface area contributed by atoms with E-state index in [4.69, 9.17) is 14.2 Å². The van der Waals surface area contributed by atoms with Crippen LogP contribution in [0.4, 0.5) is 0 Å². The van der Waals surface area contributed by atoms with Crippen molar-refractivity contribution in [2.24, 2.45) is 0 Å². The van der Waals surface area contributed by atoms with Gasteiger partial charge < -0.3 is 14.2 Å². The number of hydrogen-bond donors (Lipinski definition) is 0. The van der Waals surface area contributed by atoms with Crippen molar-refractivity contribution in [1.82, 2.24) is 0 Å². The van der Waals surface area contributed by atoms with Gasteiger partial charge in [-0.3, -0.25) is 0 Å². The fourth-order valence-electron chi connectivity index (χ4n) is 2.21. The van der Waals surface area contributed by atoms with E-state index >= 15 is 0 Å². The lowest BCUT2D eigenvalue weighted by molar-refractivity contribution is 0.350. The summed E-state index contributed by atoms with van der Waals surface area (Å²) >= 11 is 0.